The molecule has 1 unspecified atom stereocenters. The molecule has 32 heavy (non-hydrogen) atoms. The number of hydrogen-bond acceptors (Lipinski definition) is 6. The van der Waals surface area contributed by atoms with Gasteiger partial charge >= 0.3 is 5.97 Å². The molecule has 0 fully saturated rings. The summed E-state index contributed by atoms with van der Waals surface area (Å²) in [7, 11) is 0. The number of carboxylic acid groups (broad SMARTS) is 1. The molecule has 3 rings (SSSR count). The van der Waals surface area contributed by atoms with Gasteiger partial charge in [0.25, 0.3) is 0 Å². The largest absolute Gasteiger partial charge is 0.482 e. The number of rotatable bonds is 9. The molecule has 3 aromatic rings. The lowest BCUT2D eigenvalue weighted by Crippen LogP contribution is -2.30. The number of aromatic nitrogens is 3. The zero-order valence-corrected chi connectivity index (χ0v) is 18.6. The molecule has 1 aromatic carbocycles. The summed E-state index contributed by atoms with van der Waals surface area (Å²) in [5, 5.41) is 13.3. The topological polar surface area (TPSA) is 129 Å². The number of ether oxygens (including phenoxy) is 1. The molecule has 2 aromatic heterocycles. The quantitative estimate of drug-likeness (QED) is 0.388. The molecule has 11 heteroatoms. The van der Waals surface area contributed by atoms with Crippen LogP contribution in [-0.4, -0.2) is 31.9 Å². The van der Waals surface area contributed by atoms with E-state index in [0.29, 0.717) is 30.5 Å². The smallest absolute Gasteiger partial charge is 0.320 e. The van der Waals surface area contributed by atoms with Crippen molar-refractivity contribution < 1.29 is 19.0 Å². The van der Waals surface area contributed by atoms with Crippen molar-refractivity contribution in [2.75, 3.05) is 5.73 Å². The van der Waals surface area contributed by atoms with Gasteiger partial charge in [-0.25, -0.2) is 9.37 Å². The van der Waals surface area contributed by atoms with Crippen LogP contribution in [0.15, 0.2) is 36.8 Å². The fraction of sp³-hybridized carbons (Fsp3) is 0.286. The highest BCUT2D eigenvalue weighted by atomic mass is 35.5. The van der Waals surface area contributed by atoms with Gasteiger partial charge in [-0.15, -0.1) is 0 Å². The Balaban J connectivity index is 1.75. The summed E-state index contributed by atoms with van der Waals surface area (Å²) in [4.78, 5) is 15.0. The van der Waals surface area contributed by atoms with Gasteiger partial charge in [0, 0.05) is 40.7 Å². The normalized spacial score (nSPS) is 13.0. The van der Waals surface area contributed by atoms with Crippen LogP contribution in [0.3, 0.4) is 0 Å². The highest BCUT2D eigenvalue weighted by molar-refractivity contribution is 6.36. The first kappa shape index (κ1) is 23.8. The van der Waals surface area contributed by atoms with Crippen LogP contribution < -0.4 is 16.2 Å². The van der Waals surface area contributed by atoms with Gasteiger partial charge in [0.2, 0.25) is 0 Å². The van der Waals surface area contributed by atoms with Gasteiger partial charge in [-0.1, -0.05) is 23.2 Å². The van der Waals surface area contributed by atoms with Crippen molar-refractivity contribution in [3.05, 3.63) is 58.2 Å². The van der Waals surface area contributed by atoms with E-state index in [9.17, 15) is 9.18 Å². The van der Waals surface area contributed by atoms with Crippen molar-refractivity contribution in [1.29, 1.82) is 0 Å². The maximum Gasteiger partial charge on any atom is 0.320 e. The molecule has 2 heterocycles. The molecule has 0 saturated heterocycles. The van der Waals surface area contributed by atoms with Crippen LogP contribution in [0.1, 0.15) is 31.4 Å². The van der Waals surface area contributed by atoms with Crippen LogP contribution in [0, 0.1) is 5.82 Å². The first-order valence-electron chi connectivity index (χ1n) is 9.74. The van der Waals surface area contributed by atoms with E-state index in [1.807, 2.05) is 0 Å². The van der Waals surface area contributed by atoms with Crippen molar-refractivity contribution in [3.63, 3.8) is 0 Å². The number of benzene rings is 1. The number of halogens is 3. The molecule has 0 radical (unpaired) electrons. The third-order valence-electron chi connectivity index (χ3n) is 4.86. The number of hydrogen-bond donors (Lipinski definition) is 3. The lowest BCUT2D eigenvalue weighted by atomic mass is 10.1. The van der Waals surface area contributed by atoms with Crippen LogP contribution in [0.25, 0.3) is 11.1 Å². The lowest BCUT2D eigenvalue weighted by Gasteiger charge is -2.19. The Kier molecular flexibility index (Phi) is 7.55. The minimum atomic E-state index is -1.03. The maximum atomic E-state index is 13.9. The highest BCUT2D eigenvalue weighted by Gasteiger charge is 2.20. The minimum absolute atomic E-state index is 0.114. The Bertz CT molecular complexity index is 1120. The average molecular weight is 482 g/mol. The fourth-order valence-electron chi connectivity index (χ4n) is 3.10. The molecular formula is C21H22Cl2FN5O3. The van der Waals surface area contributed by atoms with Gasteiger partial charge < -0.3 is 21.3 Å². The number of aliphatic carboxylic acids is 1. The van der Waals surface area contributed by atoms with Crippen molar-refractivity contribution in [3.8, 4) is 16.9 Å². The number of nitrogen functional groups attached to an aromatic ring is 1. The SMILES string of the molecule is CC(Oc1cc(-c2cnn(CCC[C@H](N)C(=O)O)c2)cnc1N)c1c(Cl)ccc(F)c1Cl. The number of carboxylic acids is 1. The molecule has 0 aliphatic rings. The second-order valence-electron chi connectivity index (χ2n) is 7.20. The number of nitrogens with zero attached hydrogens (tertiary/aromatic N) is 3. The number of nitrogens with two attached hydrogens (primary N) is 2. The van der Waals surface area contributed by atoms with Gasteiger partial charge in [-0.2, -0.15) is 5.10 Å². The molecule has 2 atom stereocenters. The van der Waals surface area contributed by atoms with E-state index in [1.54, 1.807) is 36.3 Å². The van der Waals surface area contributed by atoms with Gasteiger partial charge in [-0.05, 0) is 38.0 Å². The van der Waals surface area contributed by atoms with E-state index in [-0.39, 0.29) is 21.6 Å². The monoisotopic (exact) mass is 481 g/mol. The Labute approximate surface area is 193 Å². The summed E-state index contributed by atoms with van der Waals surface area (Å²) in [5.74, 6) is -1.19. The van der Waals surface area contributed by atoms with Crippen molar-refractivity contribution in [2.24, 2.45) is 5.73 Å². The van der Waals surface area contributed by atoms with Gasteiger partial charge in [0.05, 0.1) is 11.2 Å². The summed E-state index contributed by atoms with van der Waals surface area (Å²) >= 11 is 12.3. The predicted molar refractivity (Wildman–Crippen MR) is 120 cm³/mol. The highest BCUT2D eigenvalue weighted by Crippen LogP contribution is 2.36. The zero-order valence-electron chi connectivity index (χ0n) is 17.1. The van der Waals surface area contributed by atoms with E-state index in [2.05, 4.69) is 10.1 Å². The number of carbonyl (C=O) groups is 1. The molecule has 0 saturated carbocycles. The summed E-state index contributed by atoms with van der Waals surface area (Å²) < 4.78 is 21.5. The summed E-state index contributed by atoms with van der Waals surface area (Å²) in [6.07, 6.45) is 5.25. The lowest BCUT2D eigenvalue weighted by molar-refractivity contribution is -0.138. The molecule has 0 bridgehead atoms. The Morgan fingerprint density at radius 1 is 1.31 bits per heavy atom. The number of aryl methyl sites for hydroxylation is 1. The molecule has 0 aliphatic heterocycles. The van der Waals surface area contributed by atoms with Crippen LogP contribution in [-0.2, 0) is 11.3 Å². The van der Waals surface area contributed by atoms with E-state index in [0.717, 1.165) is 5.56 Å². The van der Waals surface area contributed by atoms with E-state index < -0.39 is 23.9 Å². The minimum Gasteiger partial charge on any atom is -0.482 e. The molecule has 5 N–H and O–H groups in total. The standard InChI is InChI=1S/C21H22Cl2FN5O3/c1-11(18-14(22)4-5-15(24)19(18)23)32-17-7-12(8-27-20(17)26)13-9-28-29(10-13)6-2-3-16(25)21(30)31/h4-5,7-11,16H,2-3,6,25H2,1H3,(H2,26,27)(H,30,31)/t11?,16-/m0/s1. The molecule has 8 nitrogen and oxygen atoms in total. The summed E-state index contributed by atoms with van der Waals surface area (Å²) in [6.45, 7) is 2.19. The predicted octanol–water partition coefficient (Wildman–Crippen LogP) is 4.31. The second-order valence-corrected chi connectivity index (χ2v) is 7.99. The second kappa shape index (κ2) is 10.2. The maximum absolute atomic E-state index is 13.9. The number of pyridine rings is 1. The molecular weight excluding hydrogens is 460 g/mol. The third-order valence-corrected chi connectivity index (χ3v) is 5.57. The fourth-order valence-corrected chi connectivity index (χ4v) is 3.78. The first-order valence-corrected chi connectivity index (χ1v) is 10.5. The molecule has 0 aliphatic carbocycles. The van der Waals surface area contributed by atoms with Crippen LogP contribution in [0.5, 0.6) is 5.75 Å². The third kappa shape index (κ3) is 5.48. The number of anilines is 1. The van der Waals surface area contributed by atoms with Gasteiger partial charge in [-0.3, -0.25) is 9.48 Å². The van der Waals surface area contributed by atoms with Crippen molar-refractivity contribution in [1.82, 2.24) is 14.8 Å². The van der Waals surface area contributed by atoms with E-state index in [1.165, 1.54) is 12.1 Å². The van der Waals surface area contributed by atoms with Gasteiger partial charge in [0.1, 0.15) is 18.0 Å². The summed E-state index contributed by atoms with van der Waals surface area (Å²) in [6, 6.07) is 3.40. The summed E-state index contributed by atoms with van der Waals surface area (Å²) in [5.41, 5.74) is 13.3. The Morgan fingerprint density at radius 2 is 2.06 bits per heavy atom. The van der Waals surface area contributed by atoms with Crippen molar-refractivity contribution in [2.45, 2.75) is 38.5 Å². The van der Waals surface area contributed by atoms with Crippen LogP contribution in [0.4, 0.5) is 10.2 Å². The van der Waals surface area contributed by atoms with Crippen LogP contribution in [0.2, 0.25) is 10.0 Å². The Hall–Kier alpha value is -2.88. The zero-order chi connectivity index (χ0) is 23.4. The Morgan fingerprint density at radius 3 is 2.78 bits per heavy atom. The molecule has 170 valence electrons. The molecule has 0 spiro atoms. The molecule has 0 amide bonds. The first-order chi connectivity index (χ1) is 15.2. The van der Waals surface area contributed by atoms with Crippen molar-refractivity contribution >= 4 is 35.0 Å². The van der Waals surface area contributed by atoms with Crippen LogP contribution >= 0.6 is 23.2 Å². The average Bonchev–Trinajstić information content (AvgIpc) is 3.21. The van der Waals surface area contributed by atoms with Gasteiger partial charge in [0.15, 0.2) is 11.6 Å². The van der Waals surface area contributed by atoms with E-state index in [4.69, 9.17) is 44.5 Å². The van der Waals surface area contributed by atoms with E-state index >= 15 is 0 Å².